The molecule has 0 fully saturated rings. The van der Waals surface area contributed by atoms with Crippen LogP contribution in [0.1, 0.15) is 23.6 Å². The maximum Gasteiger partial charge on any atom is 0.393 e. The molecule has 0 aliphatic heterocycles. The number of alkyl halides is 3. The van der Waals surface area contributed by atoms with Crippen LogP contribution in [0.4, 0.5) is 13.2 Å². The van der Waals surface area contributed by atoms with E-state index in [0.717, 1.165) is 5.56 Å². The number of aliphatic hydroxyl groups excluding tert-OH is 1. The molecule has 0 spiro atoms. The summed E-state index contributed by atoms with van der Waals surface area (Å²) in [5.74, 6) is 0. The van der Waals surface area contributed by atoms with Gasteiger partial charge in [0.05, 0.1) is 13.0 Å². The van der Waals surface area contributed by atoms with E-state index in [-0.39, 0.29) is 12.2 Å². The zero-order chi connectivity index (χ0) is 11.5. The Labute approximate surface area is 86.5 Å². The molecule has 1 aromatic rings. The molecule has 1 rings (SSSR count). The molecule has 1 aromatic carbocycles. The van der Waals surface area contributed by atoms with E-state index in [1.165, 1.54) is 12.1 Å². The van der Waals surface area contributed by atoms with Gasteiger partial charge in [-0.05, 0) is 23.1 Å². The molecule has 84 valence electrons. The predicted molar refractivity (Wildman–Crippen MR) is 51.5 cm³/mol. The number of rotatable bonds is 3. The highest BCUT2D eigenvalue weighted by Crippen LogP contribution is 2.23. The first-order valence-corrected chi connectivity index (χ1v) is 4.74. The van der Waals surface area contributed by atoms with Crippen molar-refractivity contribution in [2.45, 2.75) is 32.5 Å². The maximum absolute atomic E-state index is 12.1. The molecule has 0 bridgehead atoms. The van der Waals surface area contributed by atoms with E-state index in [0.29, 0.717) is 12.0 Å². The number of benzene rings is 1. The van der Waals surface area contributed by atoms with Crippen molar-refractivity contribution in [1.29, 1.82) is 0 Å². The van der Waals surface area contributed by atoms with Gasteiger partial charge in [-0.15, -0.1) is 0 Å². The minimum absolute atomic E-state index is 0.198. The summed E-state index contributed by atoms with van der Waals surface area (Å²) in [6.07, 6.45) is -4.42. The minimum Gasteiger partial charge on any atom is -0.392 e. The molecule has 0 heterocycles. The van der Waals surface area contributed by atoms with Crippen LogP contribution >= 0.6 is 0 Å². The molecule has 1 N–H and O–H groups in total. The number of halogens is 3. The Morgan fingerprint density at radius 2 is 1.87 bits per heavy atom. The van der Waals surface area contributed by atoms with Crippen molar-refractivity contribution < 1.29 is 18.3 Å². The van der Waals surface area contributed by atoms with Gasteiger partial charge in [0.1, 0.15) is 0 Å². The Balaban J connectivity index is 2.93. The normalized spacial score (nSPS) is 11.8. The number of aliphatic hydroxyl groups is 1. The van der Waals surface area contributed by atoms with Gasteiger partial charge in [0.15, 0.2) is 0 Å². The molecule has 0 saturated heterocycles. The van der Waals surface area contributed by atoms with Crippen LogP contribution in [0.5, 0.6) is 0 Å². The standard InChI is InChI=1S/C11H13F3O/c1-2-9-4-3-8(5-10(9)7-15)6-11(12,13)14/h3-5,15H,2,6-7H2,1H3. The van der Waals surface area contributed by atoms with Crippen LogP contribution in [0.25, 0.3) is 0 Å². The molecule has 0 saturated carbocycles. The number of hydrogen-bond acceptors (Lipinski definition) is 1. The van der Waals surface area contributed by atoms with Gasteiger partial charge in [-0.25, -0.2) is 0 Å². The third-order valence-electron chi connectivity index (χ3n) is 2.23. The Kier molecular flexibility index (Phi) is 3.74. The molecule has 0 unspecified atom stereocenters. The van der Waals surface area contributed by atoms with Gasteiger partial charge in [0.25, 0.3) is 0 Å². The van der Waals surface area contributed by atoms with Gasteiger partial charge in [-0.1, -0.05) is 25.1 Å². The van der Waals surface area contributed by atoms with Crippen LogP contribution in [-0.2, 0) is 19.4 Å². The molecule has 0 aliphatic rings. The summed E-state index contributed by atoms with van der Waals surface area (Å²) < 4.78 is 36.3. The average Bonchev–Trinajstić information content (AvgIpc) is 2.15. The smallest absolute Gasteiger partial charge is 0.392 e. The first-order chi connectivity index (χ1) is 6.96. The van der Waals surface area contributed by atoms with Crippen molar-refractivity contribution in [2.75, 3.05) is 0 Å². The second-order valence-electron chi connectivity index (χ2n) is 3.41. The lowest BCUT2D eigenvalue weighted by Crippen LogP contribution is -2.12. The summed E-state index contributed by atoms with van der Waals surface area (Å²) in [5, 5.41) is 8.99. The Bertz CT molecular complexity index is 331. The van der Waals surface area contributed by atoms with Gasteiger partial charge < -0.3 is 5.11 Å². The summed E-state index contributed by atoms with van der Waals surface area (Å²) in [6, 6.07) is 4.53. The third kappa shape index (κ3) is 3.55. The summed E-state index contributed by atoms with van der Waals surface area (Å²) in [5.41, 5.74) is 1.67. The second kappa shape index (κ2) is 4.66. The van der Waals surface area contributed by atoms with E-state index < -0.39 is 12.6 Å². The largest absolute Gasteiger partial charge is 0.393 e. The summed E-state index contributed by atoms with van der Waals surface area (Å²) in [7, 11) is 0. The van der Waals surface area contributed by atoms with Crippen molar-refractivity contribution in [2.24, 2.45) is 0 Å². The van der Waals surface area contributed by atoms with Crippen molar-refractivity contribution >= 4 is 0 Å². The molecule has 0 radical (unpaired) electrons. The monoisotopic (exact) mass is 218 g/mol. The highest BCUT2D eigenvalue weighted by atomic mass is 19.4. The number of hydrogen-bond donors (Lipinski definition) is 1. The highest BCUT2D eigenvalue weighted by Gasteiger charge is 2.27. The summed E-state index contributed by atoms with van der Waals surface area (Å²) >= 11 is 0. The zero-order valence-electron chi connectivity index (χ0n) is 8.43. The van der Waals surface area contributed by atoms with Crippen LogP contribution in [0.3, 0.4) is 0 Å². The molecule has 15 heavy (non-hydrogen) atoms. The van der Waals surface area contributed by atoms with Gasteiger partial charge in [-0.3, -0.25) is 0 Å². The topological polar surface area (TPSA) is 20.2 Å². The average molecular weight is 218 g/mol. The van der Waals surface area contributed by atoms with Crippen molar-refractivity contribution in [1.82, 2.24) is 0 Å². The molecule has 0 amide bonds. The zero-order valence-corrected chi connectivity index (χ0v) is 8.43. The van der Waals surface area contributed by atoms with E-state index in [1.54, 1.807) is 6.07 Å². The molecule has 0 atom stereocenters. The second-order valence-corrected chi connectivity index (χ2v) is 3.41. The lowest BCUT2D eigenvalue weighted by Gasteiger charge is -2.10. The van der Waals surface area contributed by atoms with Crippen LogP contribution in [0.2, 0.25) is 0 Å². The molecular formula is C11H13F3O. The van der Waals surface area contributed by atoms with Gasteiger partial charge in [-0.2, -0.15) is 13.2 Å². The Morgan fingerprint density at radius 3 is 2.33 bits per heavy atom. The van der Waals surface area contributed by atoms with Crippen LogP contribution in [0, 0.1) is 0 Å². The van der Waals surface area contributed by atoms with Crippen LogP contribution < -0.4 is 0 Å². The van der Waals surface area contributed by atoms with E-state index in [9.17, 15) is 13.2 Å². The Hall–Kier alpha value is -1.03. The van der Waals surface area contributed by atoms with Crippen LogP contribution in [-0.4, -0.2) is 11.3 Å². The maximum atomic E-state index is 12.1. The van der Waals surface area contributed by atoms with Crippen LogP contribution in [0.15, 0.2) is 18.2 Å². The SMILES string of the molecule is CCc1ccc(CC(F)(F)F)cc1CO. The molecule has 0 aromatic heterocycles. The summed E-state index contributed by atoms with van der Waals surface area (Å²) in [6.45, 7) is 1.69. The fourth-order valence-electron chi connectivity index (χ4n) is 1.51. The third-order valence-corrected chi connectivity index (χ3v) is 2.23. The number of aryl methyl sites for hydroxylation is 1. The highest BCUT2D eigenvalue weighted by molar-refractivity contribution is 5.32. The van der Waals surface area contributed by atoms with Crippen molar-refractivity contribution in [3.05, 3.63) is 34.9 Å². The lowest BCUT2D eigenvalue weighted by molar-refractivity contribution is -0.127. The minimum atomic E-state index is -4.19. The van der Waals surface area contributed by atoms with Gasteiger partial charge in [0.2, 0.25) is 0 Å². The molecule has 1 nitrogen and oxygen atoms in total. The fraction of sp³-hybridized carbons (Fsp3) is 0.455. The van der Waals surface area contributed by atoms with Crippen molar-refractivity contribution in [3.8, 4) is 0 Å². The van der Waals surface area contributed by atoms with E-state index in [4.69, 9.17) is 5.11 Å². The molecule has 0 aliphatic carbocycles. The summed E-state index contributed by atoms with van der Waals surface area (Å²) in [4.78, 5) is 0. The van der Waals surface area contributed by atoms with Gasteiger partial charge >= 0.3 is 6.18 Å². The molecule has 4 heteroatoms. The fourth-order valence-corrected chi connectivity index (χ4v) is 1.51. The predicted octanol–water partition coefficient (Wildman–Crippen LogP) is 2.85. The lowest BCUT2D eigenvalue weighted by atomic mass is 10.0. The molecular weight excluding hydrogens is 205 g/mol. The quantitative estimate of drug-likeness (QED) is 0.827. The first-order valence-electron chi connectivity index (χ1n) is 4.74. The van der Waals surface area contributed by atoms with E-state index in [2.05, 4.69) is 0 Å². The van der Waals surface area contributed by atoms with E-state index >= 15 is 0 Å². The first kappa shape index (κ1) is 12.0. The van der Waals surface area contributed by atoms with E-state index in [1.807, 2.05) is 6.92 Å². The van der Waals surface area contributed by atoms with Gasteiger partial charge in [0, 0.05) is 0 Å². The Morgan fingerprint density at radius 1 is 1.20 bits per heavy atom. The van der Waals surface area contributed by atoms with Crippen molar-refractivity contribution in [3.63, 3.8) is 0 Å².